The number of aliphatic hydroxyl groups excluding tert-OH is 1. The Bertz CT molecular complexity index is 1300. The third kappa shape index (κ3) is 6.78. The number of rotatable bonds is 9. The standard InChI is InChI=1S/C22H25F3N6O4S/c23-22(24,25)16-3-1-2-14(8-16)11-31-7-6-19(30-31)20(32)18-10-27-13-28-21(18)29-17-5-4-15(9-17)12-35-36(26,33)34/h1-3,6-8,10,13,15,17,20,32H,4-5,9,11-12H2,(H2,26,33,34)(H,27,28,29)/t15-,17+,20?/m1/s1. The van der Waals surface area contributed by atoms with Gasteiger partial charge in [0.15, 0.2) is 0 Å². The number of benzene rings is 1. The summed E-state index contributed by atoms with van der Waals surface area (Å²) in [4.78, 5) is 8.23. The van der Waals surface area contributed by atoms with E-state index >= 15 is 0 Å². The van der Waals surface area contributed by atoms with Crippen molar-refractivity contribution in [3.63, 3.8) is 0 Å². The third-order valence-electron chi connectivity index (χ3n) is 5.93. The number of halogens is 3. The number of aromatic nitrogens is 4. The van der Waals surface area contributed by atoms with Crippen molar-refractivity contribution in [3.05, 3.63) is 71.4 Å². The number of hydrogen-bond acceptors (Lipinski definition) is 8. The Kier molecular flexibility index (Phi) is 7.59. The number of nitrogens with two attached hydrogens (primary N) is 1. The average molecular weight is 527 g/mol. The third-order valence-corrected chi connectivity index (χ3v) is 6.39. The molecule has 3 aromatic rings. The van der Waals surface area contributed by atoms with E-state index in [2.05, 4.69) is 24.6 Å². The molecule has 36 heavy (non-hydrogen) atoms. The summed E-state index contributed by atoms with van der Waals surface area (Å²) in [5.41, 5.74) is 0.341. The van der Waals surface area contributed by atoms with Gasteiger partial charge >= 0.3 is 16.5 Å². The van der Waals surface area contributed by atoms with E-state index in [-0.39, 0.29) is 30.8 Å². The second kappa shape index (κ2) is 10.5. The maximum Gasteiger partial charge on any atom is 0.416 e. The first kappa shape index (κ1) is 26.0. The van der Waals surface area contributed by atoms with E-state index in [0.29, 0.717) is 23.4 Å². The van der Waals surface area contributed by atoms with Crippen LogP contribution in [0.25, 0.3) is 0 Å². The van der Waals surface area contributed by atoms with Gasteiger partial charge in [-0.05, 0) is 48.9 Å². The summed E-state index contributed by atoms with van der Waals surface area (Å²) < 4.78 is 67.1. The zero-order valence-corrected chi connectivity index (χ0v) is 19.8. The summed E-state index contributed by atoms with van der Waals surface area (Å²) in [5.74, 6) is 0.408. The van der Waals surface area contributed by atoms with Crippen LogP contribution < -0.4 is 10.5 Å². The van der Waals surface area contributed by atoms with E-state index in [1.54, 1.807) is 18.3 Å². The van der Waals surface area contributed by atoms with Gasteiger partial charge in [0.2, 0.25) is 0 Å². The monoisotopic (exact) mass is 526 g/mol. The lowest BCUT2D eigenvalue weighted by molar-refractivity contribution is -0.137. The van der Waals surface area contributed by atoms with Gasteiger partial charge in [-0.25, -0.2) is 15.1 Å². The fourth-order valence-electron chi connectivity index (χ4n) is 4.21. The smallest absolute Gasteiger partial charge is 0.382 e. The van der Waals surface area contributed by atoms with Gasteiger partial charge in [-0.2, -0.15) is 26.7 Å². The van der Waals surface area contributed by atoms with Gasteiger partial charge in [0.05, 0.1) is 24.4 Å². The van der Waals surface area contributed by atoms with Crippen molar-refractivity contribution in [2.45, 2.75) is 44.1 Å². The molecule has 1 unspecified atom stereocenters. The minimum Gasteiger partial charge on any atom is -0.382 e. The van der Waals surface area contributed by atoms with E-state index in [4.69, 9.17) is 5.14 Å². The highest BCUT2D eigenvalue weighted by Gasteiger charge is 2.30. The minimum atomic E-state index is -4.44. The van der Waals surface area contributed by atoms with Crippen LogP contribution in [0, 0.1) is 5.92 Å². The first-order valence-electron chi connectivity index (χ1n) is 11.1. The number of nitrogens with zero attached hydrogens (tertiary/aromatic N) is 4. The Morgan fingerprint density at radius 3 is 2.83 bits per heavy atom. The maximum atomic E-state index is 13.0. The van der Waals surface area contributed by atoms with Crippen molar-refractivity contribution < 1.29 is 30.9 Å². The van der Waals surface area contributed by atoms with E-state index < -0.39 is 28.1 Å². The van der Waals surface area contributed by atoms with E-state index in [9.17, 15) is 26.7 Å². The lowest BCUT2D eigenvalue weighted by Crippen LogP contribution is -2.22. The SMILES string of the molecule is NS(=O)(=O)OC[C@@H]1CC[C@H](Nc2ncncc2C(O)c2ccn(Cc3cccc(C(F)(F)F)c3)n2)C1. The van der Waals surface area contributed by atoms with E-state index in [0.717, 1.165) is 25.0 Å². The van der Waals surface area contributed by atoms with Crippen LogP contribution in [-0.4, -0.2) is 45.9 Å². The van der Waals surface area contributed by atoms with Crippen LogP contribution in [0.2, 0.25) is 0 Å². The van der Waals surface area contributed by atoms with Crippen LogP contribution in [0.15, 0.2) is 49.1 Å². The number of alkyl halides is 3. The van der Waals surface area contributed by atoms with Crippen LogP contribution in [-0.2, 0) is 27.2 Å². The highest BCUT2D eigenvalue weighted by Crippen LogP contribution is 2.32. The molecule has 10 nitrogen and oxygen atoms in total. The summed E-state index contributed by atoms with van der Waals surface area (Å²) in [5, 5.41) is 23.4. The molecule has 0 saturated heterocycles. The summed E-state index contributed by atoms with van der Waals surface area (Å²) in [7, 11) is -4.00. The Balaban J connectivity index is 1.42. The molecule has 0 aliphatic heterocycles. The lowest BCUT2D eigenvalue weighted by atomic mass is 10.1. The van der Waals surface area contributed by atoms with Crippen LogP contribution >= 0.6 is 0 Å². The summed E-state index contributed by atoms with van der Waals surface area (Å²) in [6.45, 7) is 0.0939. The average Bonchev–Trinajstić information content (AvgIpc) is 3.46. The molecule has 1 saturated carbocycles. The molecule has 1 fully saturated rings. The molecule has 1 aliphatic rings. The fraction of sp³-hybridized carbons (Fsp3) is 0.409. The molecule has 4 rings (SSSR count). The molecule has 0 radical (unpaired) electrons. The quantitative estimate of drug-likeness (QED) is 0.386. The zero-order chi connectivity index (χ0) is 25.9. The van der Waals surface area contributed by atoms with Gasteiger partial charge in [-0.1, -0.05) is 12.1 Å². The van der Waals surface area contributed by atoms with Crippen LogP contribution in [0.3, 0.4) is 0 Å². The van der Waals surface area contributed by atoms with Gasteiger partial charge in [0, 0.05) is 24.0 Å². The van der Waals surface area contributed by atoms with Gasteiger partial charge in [0.25, 0.3) is 0 Å². The molecule has 3 atom stereocenters. The number of nitrogens with one attached hydrogen (secondary N) is 1. The Morgan fingerprint density at radius 1 is 1.28 bits per heavy atom. The maximum absolute atomic E-state index is 13.0. The molecule has 4 N–H and O–H groups in total. The predicted octanol–water partition coefficient (Wildman–Crippen LogP) is 2.62. The number of hydrogen-bond donors (Lipinski definition) is 3. The van der Waals surface area contributed by atoms with Crippen molar-refractivity contribution in [1.29, 1.82) is 0 Å². The van der Waals surface area contributed by atoms with Crippen molar-refractivity contribution >= 4 is 16.1 Å². The Morgan fingerprint density at radius 2 is 2.08 bits per heavy atom. The van der Waals surface area contributed by atoms with Crippen molar-refractivity contribution in [1.82, 2.24) is 19.7 Å². The van der Waals surface area contributed by atoms with Crippen LogP contribution in [0.4, 0.5) is 19.0 Å². The summed E-state index contributed by atoms with van der Waals surface area (Å²) in [6, 6.07) is 6.52. The molecular weight excluding hydrogens is 501 g/mol. The molecule has 14 heteroatoms. The number of aliphatic hydroxyl groups is 1. The molecule has 0 amide bonds. The fourth-order valence-corrected chi connectivity index (χ4v) is 4.59. The second-order valence-electron chi connectivity index (χ2n) is 8.66. The summed E-state index contributed by atoms with van der Waals surface area (Å²) >= 11 is 0. The molecule has 1 aliphatic carbocycles. The van der Waals surface area contributed by atoms with Gasteiger partial charge < -0.3 is 10.4 Å². The molecule has 1 aromatic carbocycles. The van der Waals surface area contributed by atoms with Gasteiger partial charge in [-0.15, -0.1) is 0 Å². The van der Waals surface area contributed by atoms with E-state index in [1.165, 1.54) is 23.3 Å². The largest absolute Gasteiger partial charge is 0.416 e. The Hall–Kier alpha value is -3.07. The minimum absolute atomic E-state index is 0.000414. The van der Waals surface area contributed by atoms with Crippen molar-refractivity contribution in [3.8, 4) is 0 Å². The zero-order valence-electron chi connectivity index (χ0n) is 19.0. The van der Waals surface area contributed by atoms with E-state index in [1.807, 2.05) is 0 Å². The molecule has 194 valence electrons. The van der Waals surface area contributed by atoms with Crippen molar-refractivity contribution in [2.24, 2.45) is 11.1 Å². The normalized spacial score (nSPS) is 19.4. The highest BCUT2D eigenvalue weighted by molar-refractivity contribution is 7.84. The predicted molar refractivity (Wildman–Crippen MR) is 123 cm³/mol. The molecular formula is C22H25F3N6O4S. The molecule has 0 bridgehead atoms. The van der Waals surface area contributed by atoms with Crippen LogP contribution in [0.5, 0.6) is 0 Å². The van der Waals surface area contributed by atoms with Gasteiger partial charge in [-0.3, -0.25) is 8.86 Å². The molecule has 2 aromatic heterocycles. The first-order valence-corrected chi connectivity index (χ1v) is 12.6. The number of anilines is 1. The molecule has 0 spiro atoms. The molecule has 2 heterocycles. The Labute approximate surface area is 205 Å². The highest BCUT2D eigenvalue weighted by atomic mass is 32.2. The van der Waals surface area contributed by atoms with Crippen molar-refractivity contribution in [2.75, 3.05) is 11.9 Å². The van der Waals surface area contributed by atoms with Gasteiger partial charge in [0.1, 0.15) is 18.2 Å². The van der Waals surface area contributed by atoms with Crippen LogP contribution in [0.1, 0.15) is 47.8 Å². The summed E-state index contributed by atoms with van der Waals surface area (Å²) in [6.07, 6.45) is 0.846. The topological polar surface area (TPSA) is 145 Å². The lowest BCUT2D eigenvalue weighted by Gasteiger charge is -2.18. The first-order chi connectivity index (χ1) is 17.0. The second-order valence-corrected chi connectivity index (χ2v) is 9.88.